The topological polar surface area (TPSA) is 30.2 Å². The maximum Gasteiger partial charge on any atom is 0.128 e. The summed E-state index contributed by atoms with van der Waals surface area (Å²) in [4.78, 5) is 0.684. The van der Waals surface area contributed by atoms with Crippen molar-refractivity contribution >= 4 is 28.5 Å². The molecule has 0 saturated carbocycles. The number of aryl methyl sites for hydroxylation is 1. The van der Waals surface area contributed by atoms with Gasteiger partial charge in [-0.3, -0.25) is 0 Å². The normalized spacial score (nSPS) is 13.6. The Kier molecular flexibility index (Phi) is 3.82. The molecule has 17 heavy (non-hydrogen) atoms. The van der Waals surface area contributed by atoms with Crippen LogP contribution < -0.4 is 0 Å². The molecule has 0 amide bonds. The van der Waals surface area contributed by atoms with Crippen LogP contribution in [0.1, 0.15) is 11.3 Å². The van der Waals surface area contributed by atoms with E-state index in [0.717, 1.165) is 5.56 Å². The van der Waals surface area contributed by atoms with E-state index in [1.54, 1.807) is 24.5 Å². The van der Waals surface area contributed by atoms with Crippen molar-refractivity contribution in [3.8, 4) is 0 Å². The molecule has 2 rings (SSSR count). The zero-order valence-corrected chi connectivity index (χ0v) is 10.8. The van der Waals surface area contributed by atoms with E-state index in [-0.39, 0.29) is 4.36 Å². The number of benzene rings is 1. The van der Waals surface area contributed by atoms with Crippen LogP contribution >= 0.6 is 11.6 Å². The monoisotopic (exact) mass is 266 g/mol. The number of hydrogen-bond acceptors (Lipinski definition) is 2. The molecular weight excluding hydrogens is 256 g/mol. The summed E-state index contributed by atoms with van der Waals surface area (Å²) in [5.41, 5.74) is 1.12. The smallest absolute Gasteiger partial charge is 0.128 e. The molecule has 0 fully saturated rings. The number of rotatable bonds is 3. The molecule has 0 aliphatic carbocycles. The first kappa shape index (κ1) is 12.1. The molecule has 0 aliphatic heterocycles. The Morgan fingerprint density at radius 1 is 1.29 bits per heavy atom. The van der Waals surface area contributed by atoms with E-state index >= 15 is 0 Å². The average molecular weight is 267 g/mol. The summed E-state index contributed by atoms with van der Waals surface area (Å²) in [6, 6.07) is 10.9. The van der Waals surface area contributed by atoms with E-state index in [2.05, 4.69) is 0 Å². The molecule has 1 aromatic heterocycles. The molecule has 0 radical (unpaired) electrons. The van der Waals surface area contributed by atoms with Crippen LogP contribution in [0, 0.1) is 6.92 Å². The van der Waals surface area contributed by atoms with Crippen LogP contribution in [-0.2, 0) is 10.8 Å². The van der Waals surface area contributed by atoms with Crippen LogP contribution in [0.25, 0.3) is 6.08 Å². The Morgan fingerprint density at radius 3 is 2.59 bits per heavy atom. The third-order valence-corrected chi connectivity index (χ3v) is 3.91. The standard InChI is InChI=1S/C13H11ClO2S/c1-10-4-6-12(7-5-10)17(15)13(14)9-11-3-2-8-16-11/h2-9H,1H3/b13-9+. The molecule has 1 unspecified atom stereocenters. The highest BCUT2D eigenvalue weighted by Crippen LogP contribution is 2.21. The summed E-state index contributed by atoms with van der Waals surface area (Å²) in [6.45, 7) is 1.98. The van der Waals surface area contributed by atoms with E-state index in [9.17, 15) is 4.21 Å². The summed E-state index contributed by atoms with van der Waals surface area (Å²) in [7, 11) is -1.35. The average Bonchev–Trinajstić information content (AvgIpc) is 2.82. The van der Waals surface area contributed by atoms with Crippen molar-refractivity contribution in [1.82, 2.24) is 0 Å². The van der Waals surface area contributed by atoms with Crippen LogP contribution in [0.5, 0.6) is 0 Å². The fourth-order valence-electron chi connectivity index (χ4n) is 1.31. The van der Waals surface area contributed by atoms with E-state index in [0.29, 0.717) is 10.7 Å². The van der Waals surface area contributed by atoms with Crippen LogP contribution in [0.4, 0.5) is 0 Å². The molecular formula is C13H11ClO2S. The van der Waals surface area contributed by atoms with Crippen molar-refractivity contribution in [2.24, 2.45) is 0 Å². The third-order valence-electron chi connectivity index (χ3n) is 2.21. The van der Waals surface area contributed by atoms with Crippen molar-refractivity contribution in [2.45, 2.75) is 11.8 Å². The predicted molar refractivity (Wildman–Crippen MR) is 70.1 cm³/mol. The molecule has 0 saturated heterocycles. The minimum absolute atomic E-state index is 0.254. The van der Waals surface area contributed by atoms with Crippen molar-refractivity contribution in [3.63, 3.8) is 0 Å². The van der Waals surface area contributed by atoms with Gasteiger partial charge >= 0.3 is 0 Å². The van der Waals surface area contributed by atoms with Crippen LogP contribution in [0.15, 0.2) is 56.3 Å². The largest absolute Gasteiger partial charge is 0.465 e. The van der Waals surface area contributed by atoms with Crippen molar-refractivity contribution in [2.75, 3.05) is 0 Å². The number of halogens is 1. The quantitative estimate of drug-likeness (QED) is 0.842. The Bertz CT molecular complexity index is 541. The lowest BCUT2D eigenvalue weighted by Gasteiger charge is -2.00. The summed E-state index contributed by atoms with van der Waals surface area (Å²) in [5, 5.41) is 0. The Morgan fingerprint density at radius 2 is 2.00 bits per heavy atom. The molecule has 2 nitrogen and oxygen atoms in total. The fourth-order valence-corrected chi connectivity index (χ4v) is 2.52. The molecule has 0 N–H and O–H groups in total. The second-order valence-electron chi connectivity index (χ2n) is 3.55. The second-order valence-corrected chi connectivity index (χ2v) is 5.63. The van der Waals surface area contributed by atoms with Crippen LogP contribution in [-0.4, -0.2) is 4.21 Å². The zero-order chi connectivity index (χ0) is 12.3. The number of hydrogen-bond donors (Lipinski definition) is 0. The molecule has 88 valence electrons. The van der Waals surface area contributed by atoms with E-state index < -0.39 is 10.8 Å². The van der Waals surface area contributed by atoms with Gasteiger partial charge in [-0.1, -0.05) is 29.3 Å². The van der Waals surface area contributed by atoms with E-state index in [4.69, 9.17) is 16.0 Å². The number of furan rings is 1. The minimum Gasteiger partial charge on any atom is -0.465 e. The van der Waals surface area contributed by atoms with Gasteiger partial charge in [0.05, 0.1) is 17.1 Å². The van der Waals surface area contributed by atoms with Crippen molar-refractivity contribution in [1.29, 1.82) is 0 Å². The lowest BCUT2D eigenvalue weighted by Crippen LogP contribution is -1.90. The Hall–Kier alpha value is -1.32. The first-order valence-electron chi connectivity index (χ1n) is 5.06. The van der Waals surface area contributed by atoms with Crippen molar-refractivity contribution in [3.05, 3.63) is 58.3 Å². The van der Waals surface area contributed by atoms with E-state index in [1.807, 2.05) is 31.2 Å². The molecule has 1 aromatic carbocycles. The Labute approximate surface area is 107 Å². The highest BCUT2D eigenvalue weighted by atomic mass is 35.5. The molecule has 2 aromatic rings. The first-order valence-corrected chi connectivity index (χ1v) is 6.59. The van der Waals surface area contributed by atoms with Gasteiger partial charge in [0.15, 0.2) is 0 Å². The van der Waals surface area contributed by atoms with Crippen LogP contribution in [0.2, 0.25) is 0 Å². The summed E-state index contributed by atoms with van der Waals surface area (Å²) in [6.07, 6.45) is 3.11. The lowest BCUT2D eigenvalue weighted by molar-refractivity contribution is 0.557. The minimum atomic E-state index is -1.35. The highest BCUT2D eigenvalue weighted by Gasteiger charge is 2.08. The summed E-state index contributed by atoms with van der Waals surface area (Å²) < 4.78 is 17.4. The molecule has 4 heteroatoms. The van der Waals surface area contributed by atoms with Gasteiger partial charge in [0.25, 0.3) is 0 Å². The molecule has 0 spiro atoms. The van der Waals surface area contributed by atoms with Gasteiger partial charge in [0.1, 0.15) is 10.1 Å². The fraction of sp³-hybridized carbons (Fsp3) is 0.0769. The first-order chi connectivity index (χ1) is 8.16. The highest BCUT2D eigenvalue weighted by molar-refractivity contribution is 7.91. The molecule has 1 atom stereocenters. The van der Waals surface area contributed by atoms with Crippen LogP contribution in [0.3, 0.4) is 0 Å². The van der Waals surface area contributed by atoms with Gasteiger partial charge in [0, 0.05) is 11.0 Å². The van der Waals surface area contributed by atoms with Gasteiger partial charge in [-0.25, -0.2) is 4.21 Å². The van der Waals surface area contributed by atoms with Gasteiger partial charge in [-0.15, -0.1) is 0 Å². The summed E-state index contributed by atoms with van der Waals surface area (Å²) in [5.74, 6) is 0.593. The van der Waals surface area contributed by atoms with Gasteiger partial charge in [-0.05, 0) is 31.2 Å². The SMILES string of the molecule is Cc1ccc(S(=O)/C(Cl)=C/c2ccco2)cc1. The zero-order valence-electron chi connectivity index (χ0n) is 9.22. The lowest BCUT2D eigenvalue weighted by atomic mass is 10.2. The molecule has 0 bridgehead atoms. The molecule has 0 aliphatic rings. The van der Waals surface area contributed by atoms with Gasteiger partial charge in [-0.2, -0.15) is 0 Å². The van der Waals surface area contributed by atoms with E-state index in [1.165, 1.54) is 0 Å². The van der Waals surface area contributed by atoms with Gasteiger partial charge < -0.3 is 4.42 Å². The second kappa shape index (κ2) is 5.34. The summed E-state index contributed by atoms with van der Waals surface area (Å²) >= 11 is 6.00. The maximum absolute atomic E-state index is 12.1. The Balaban J connectivity index is 2.23. The molecule has 1 heterocycles. The maximum atomic E-state index is 12.1. The van der Waals surface area contributed by atoms with Gasteiger partial charge in [0.2, 0.25) is 0 Å². The predicted octanol–water partition coefficient (Wildman–Crippen LogP) is 3.93. The van der Waals surface area contributed by atoms with Crippen molar-refractivity contribution < 1.29 is 8.63 Å². The third kappa shape index (κ3) is 3.08.